The topological polar surface area (TPSA) is 75.7 Å². The Morgan fingerprint density at radius 2 is 1.95 bits per heavy atom. The van der Waals surface area contributed by atoms with Crippen LogP contribution in [0.15, 0.2) is 30.3 Å². The number of amides is 2. The summed E-state index contributed by atoms with van der Waals surface area (Å²) in [6, 6.07) is 8.00. The normalized spacial score (nSPS) is 21.9. The minimum absolute atomic E-state index is 0.154. The van der Waals surface area contributed by atoms with Gasteiger partial charge in [0, 0.05) is 6.54 Å². The molecule has 0 spiro atoms. The molecule has 1 unspecified atom stereocenters. The van der Waals surface area contributed by atoms with Crippen LogP contribution < -0.4 is 5.32 Å². The summed E-state index contributed by atoms with van der Waals surface area (Å²) in [5.74, 6) is -1.06. The molecule has 21 heavy (non-hydrogen) atoms. The Morgan fingerprint density at radius 3 is 2.57 bits per heavy atom. The molecule has 1 heterocycles. The fourth-order valence-electron chi connectivity index (χ4n) is 2.27. The van der Waals surface area contributed by atoms with Crippen molar-refractivity contribution in [2.45, 2.75) is 32.0 Å². The lowest BCUT2D eigenvalue weighted by Gasteiger charge is -2.37. The Hall–Kier alpha value is -2.37. The van der Waals surface area contributed by atoms with Crippen LogP contribution in [-0.4, -0.2) is 41.9 Å². The number of hydrogen-bond acceptors (Lipinski definition) is 4. The maximum atomic E-state index is 12.4. The molecule has 0 aliphatic carbocycles. The van der Waals surface area contributed by atoms with E-state index in [-0.39, 0.29) is 18.2 Å². The van der Waals surface area contributed by atoms with Gasteiger partial charge in [0.25, 0.3) is 0 Å². The molecule has 1 aromatic carbocycles. The fourth-order valence-corrected chi connectivity index (χ4v) is 2.27. The third-order valence-corrected chi connectivity index (χ3v) is 3.54. The van der Waals surface area contributed by atoms with Crippen molar-refractivity contribution >= 4 is 17.8 Å². The predicted molar refractivity (Wildman–Crippen MR) is 75.0 cm³/mol. The van der Waals surface area contributed by atoms with Crippen LogP contribution in [0.25, 0.3) is 0 Å². The molecule has 1 aromatic rings. The lowest BCUT2D eigenvalue weighted by molar-refractivity contribution is -0.153. The lowest BCUT2D eigenvalue weighted by Crippen LogP contribution is -2.62. The van der Waals surface area contributed by atoms with Gasteiger partial charge in [-0.2, -0.15) is 0 Å². The number of rotatable bonds is 4. The zero-order chi connectivity index (χ0) is 15.4. The van der Waals surface area contributed by atoms with Crippen LogP contribution in [0.1, 0.15) is 18.9 Å². The van der Waals surface area contributed by atoms with Gasteiger partial charge in [-0.3, -0.25) is 14.4 Å². The predicted octanol–water partition coefficient (Wildman–Crippen LogP) is 0.465. The summed E-state index contributed by atoms with van der Waals surface area (Å²) >= 11 is 0. The monoisotopic (exact) mass is 290 g/mol. The number of nitrogens with zero attached hydrogens (tertiary/aromatic N) is 1. The van der Waals surface area contributed by atoms with E-state index >= 15 is 0 Å². The first kappa shape index (κ1) is 15.0. The van der Waals surface area contributed by atoms with E-state index in [1.807, 2.05) is 30.3 Å². The number of benzene rings is 1. The minimum atomic E-state index is -0.857. The van der Waals surface area contributed by atoms with Gasteiger partial charge in [0.1, 0.15) is 12.1 Å². The molecule has 1 fully saturated rings. The van der Waals surface area contributed by atoms with Crippen molar-refractivity contribution in [2.24, 2.45) is 0 Å². The Bertz CT molecular complexity index is 542. The zero-order valence-electron chi connectivity index (χ0n) is 12.0. The minimum Gasteiger partial charge on any atom is -0.469 e. The van der Waals surface area contributed by atoms with Gasteiger partial charge in [-0.15, -0.1) is 0 Å². The van der Waals surface area contributed by atoms with E-state index in [0.29, 0.717) is 6.54 Å². The van der Waals surface area contributed by atoms with Gasteiger partial charge >= 0.3 is 5.97 Å². The maximum absolute atomic E-state index is 12.4. The molecule has 6 heteroatoms. The molecular formula is C15H18N2O4. The second kappa shape index (κ2) is 6.39. The summed E-state index contributed by atoms with van der Waals surface area (Å²) in [7, 11) is 1.25. The Balaban J connectivity index is 2.15. The van der Waals surface area contributed by atoms with Gasteiger partial charge in [0.05, 0.1) is 13.5 Å². The number of hydrogen-bond donors (Lipinski definition) is 1. The van der Waals surface area contributed by atoms with Gasteiger partial charge in [0.15, 0.2) is 0 Å². The van der Waals surface area contributed by atoms with Crippen molar-refractivity contribution in [3.8, 4) is 0 Å². The van der Waals surface area contributed by atoms with Crippen molar-refractivity contribution in [3.05, 3.63) is 35.9 Å². The van der Waals surface area contributed by atoms with E-state index in [9.17, 15) is 14.4 Å². The Kier molecular flexibility index (Phi) is 4.57. The highest BCUT2D eigenvalue weighted by molar-refractivity contribution is 5.98. The number of piperazine rings is 1. The molecule has 112 valence electrons. The molecule has 2 rings (SSSR count). The third kappa shape index (κ3) is 3.39. The second-order valence-corrected chi connectivity index (χ2v) is 4.97. The van der Waals surface area contributed by atoms with Crippen LogP contribution in [0.4, 0.5) is 0 Å². The van der Waals surface area contributed by atoms with E-state index in [1.165, 1.54) is 12.0 Å². The van der Waals surface area contributed by atoms with Gasteiger partial charge in [-0.25, -0.2) is 0 Å². The molecule has 1 saturated heterocycles. The van der Waals surface area contributed by atoms with Crippen molar-refractivity contribution in [2.75, 3.05) is 7.11 Å². The highest BCUT2D eigenvalue weighted by Gasteiger charge is 2.39. The van der Waals surface area contributed by atoms with Gasteiger partial charge < -0.3 is 15.0 Å². The first-order valence-corrected chi connectivity index (χ1v) is 6.74. The van der Waals surface area contributed by atoms with Crippen LogP contribution in [0.3, 0.4) is 0 Å². The van der Waals surface area contributed by atoms with Crippen LogP contribution in [0, 0.1) is 0 Å². The number of methoxy groups -OCH3 is 1. The largest absolute Gasteiger partial charge is 0.469 e. The Labute approximate surface area is 123 Å². The van der Waals surface area contributed by atoms with Gasteiger partial charge in [-0.1, -0.05) is 30.3 Å². The van der Waals surface area contributed by atoms with Crippen LogP contribution >= 0.6 is 0 Å². The average Bonchev–Trinajstić information content (AvgIpc) is 2.50. The number of ether oxygens (including phenoxy) is 1. The molecule has 1 N–H and O–H groups in total. The molecule has 0 bridgehead atoms. The van der Waals surface area contributed by atoms with Gasteiger partial charge in [-0.05, 0) is 12.5 Å². The summed E-state index contributed by atoms with van der Waals surface area (Å²) < 4.78 is 4.56. The summed E-state index contributed by atoms with van der Waals surface area (Å²) in [5, 5.41) is 2.57. The number of nitrogens with one attached hydrogen (secondary N) is 1. The van der Waals surface area contributed by atoms with E-state index < -0.39 is 18.1 Å². The summed E-state index contributed by atoms with van der Waals surface area (Å²) in [5.41, 5.74) is 0.934. The quantitative estimate of drug-likeness (QED) is 0.818. The first-order chi connectivity index (χ1) is 10.0. The van der Waals surface area contributed by atoms with Crippen molar-refractivity contribution in [3.63, 3.8) is 0 Å². The molecule has 0 radical (unpaired) electrons. The van der Waals surface area contributed by atoms with Crippen molar-refractivity contribution in [1.29, 1.82) is 0 Å². The van der Waals surface area contributed by atoms with Crippen molar-refractivity contribution in [1.82, 2.24) is 10.2 Å². The Morgan fingerprint density at radius 1 is 1.29 bits per heavy atom. The fraction of sp³-hybridized carbons (Fsp3) is 0.400. The summed E-state index contributed by atoms with van der Waals surface area (Å²) in [4.78, 5) is 37.2. The molecule has 1 aliphatic heterocycles. The van der Waals surface area contributed by atoms with Crippen LogP contribution in [-0.2, 0) is 25.7 Å². The standard InChI is InChI=1S/C15H18N2O4/c1-10-14(19)16-12(8-13(18)21-2)15(20)17(10)9-11-6-4-3-5-7-11/h3-7,10,12H,8-9H2,1-2H3,(H,16,19)/t10?,12-/m0/s1. The zero-order valence-corrected chi connectivity index (χ0v) is 12.0. The van der Waals surface area contributed by atoms with Crippen LogP contribution in [0.5, 0.6) is 0 Å². The van der Waals surface area contributed by atoms with Crippen molar-refractivity contribution < 1.29 is 19.1 Å². The highest BCUT2D eigenvalue weighted by Crippen LogP contribution is 2.16. The molecular weight excluding hydrogens is 272 g/mol. The first-order valence-electron chi connectivity index (χ1n) is 6.74. The summed E-state index contributed by atoms with van der Waals surface area (Å²) in [6.45, 7) is 2.01. The van der Waals surface area contributed by atoms with Crippen LogP contribution in [0.2, 0.25) is 0 Å². The second-order valence-electron chi connectivity index (χ2n) is 4.97. The average molecular weight is 290 g/mol. The third-order valence-electron chi connectivity index (χ3n) is 3.54. The van der Waals surface area contributed by atoms with E-state index in [0.717, 1.165) is 5.56 Å². The molecule has 0 saturated carbocycles. The highest BCUT2D eigenvalue weighted by atomic mass is 16.5. The molecule has 6 nitrogen and oxygen atoms in total. The molecule has 0 aromatic heterocycles. The smallest absolute Gasteiger partial charge is 0.308 e. The van der Waals surface area contributed by atoms with E-state index in [4.69, 9.17) is 0 Å². The molecule has 2 amide bonds. The summed E-state index contributed by atoms with van der Waals surface area (Å²) in [6.07, 6.45) is -0.154. The number of carbonyl (C=O) groups excluding carboxylic acids is 3. The molecule has 1 aliphatic rings. The lowest BCUT2D eigenvalue weighted by atomic mass is 10.0. The SMILES string of the molecule is COC(=O)C[C@@H]1NC(=O)C(C)N(Cc2ccccc2)C1=O. The number of esters is 1. The van der Waals surface area contributed by atoms with Gasteiger partial charge in [0.2, 0.25) is 11.8 Å². The van der Waals surface area contributed by atoms with E-state index in [1.54, 1.807) is 6.92 Å². The maximum Gasteiger partial charge on any atom is 0.308 e. The molecule has 2 atom stereocenters. The van der Waals surface area contributed by atoms with E-state index in [2.05, 4.69) is 10.1 Å². The number of carbonyl (C=O) groups is 3.